The summed E-state index contributed by atoms with van der Waals surface area (Å²) in [4.78, 5) is 14.6. The summed E-state index contributed by atoms with van der Waals surface area (Å²) in [5.41, 5.74) is 1.54. The Balaban J connectivity index is 1.48. The average molecular weight is 306 g/mol. The number of nitrogens with zero attached hydrogens (tertiary/aromatic N) is 2. The van der Waals surface area contributed by atoms with Gasteiger partial charge in [0.1, 0.15) is 5.76 Å². The van der Waals surface area contributed by atoms with E-state index in [0.717, 1.165) is 43.4 Å². The van der Waals surface area contributed by atoms with E-state index in [1.54, 1.807) is 0 Å². The summed E-state index contributed by atoms with van der Waals surface area (Å²) in [6.07, 6.45) is 4.35. The molecule has 2 fully saturated rings. The van der Waals surface area contributed by atoms with Crippen LogP contribution in [0.4, 0.5) is 0 Å². The highest BCUT2D eigenvalue weighted by Gasteiger charge is 2.41. The first-order valence-electron chi connectivity index (χ1n) is 8.21. The third kappa shape index (κ3) is 2.34. The Hall–Kier alpha value is -1.40. The van der Waals surface area contributed by atoms with Crippen molar-refractivity contribution in [2.24, 2.45) is 5.92 Å². The molecule has 0 N–H and O–H groups in total. The van der Waals surface area contributed by atoms with Gasteiger partial charge in [0, 0.05) is 37.9 Å². The Morgan fingerprint density at radius 1 is 1.27 bits per heavy atom. The van der Waals surface area contributed by atoms with E-state index in [9.17, 15) is 4.79 Å². The fraction of sp³-hybridized carbons (Fsp3) is 0.750. The SMILES string of the molecule is C[C@H]1CCc2onc(C(=O)N3CCC4(CC3)OCCO4)c2C1. The summed E-state index contributed by atoms with van der Waals surface area (Å²) < 4.78 is 16.8. The van der Waals surface area contributed by atoms with Crippen LogP contribution in [0.2, 0.25) is 0 Å². The molecule has 0 radical (unpaired) electrons. The summed E-state index contributed by atoms with van der Waals surface area (Å²) in [5.74, 6) is 1.03. The van der Waals surface area contributed by atoms with E-state index < -0.39 is 5.79 Å². The van der Waals surface area contributed by atoms with E-state index in [-0.39, 0.29) is 5.91 Å². The largest absolute Gasteiger partial charge is 0.360 e. The highest BCUT2D eigenvalue weighted by atomic mass is 16.7. The highest BCUT2D eigenvalue weighted by molar-refractivity contribution is 5.94. The second-order valence-electron chi connectivity index (χ2n) is 6.68. The van der Waals surface area contributed by atoms with Crippen LogP contribution in [0, 0.1) is 5.92 Å². The monoisotopic (exact) mass is 306 g/mol. The van der Waals surface area contributed by atoms with Gasteiger partial charge in [-0.1, -0.05) is 12.1 Å². The van der Waals surface area contributed by atoms with Crippen molar-refractivity contribution in [1.82, 2.24) is 10.1 Å². The molecule has 3 heterocycles. The van der Waals surface area contributed by atoms with Gasteiger partial charge in [0.15, 0.2) is 11.5 Å². The molecule has 0 aromatic carbocycles. The van der Waals surface area contributed by atoms with E-state index in [1.165, 1.54) is 0 Å². The predicted octanol–water partition coefficient (Wildman–Crippen LogP) is 1.78. The highest BCUT2D eigenvalue weighted by Crippen LogP contribution is 2.33. The summed E-state index contributed by atoms with van der Waals surface area (Å²) >= 11 is 0. The summed E-state index contributed by atoms with van der Waals surface area (Å²) in [7, 11) is 0. The number of hydrogen-bond donors (Lipinski definition) is 0. The maximum Gasteiger partial charge on any atom is 0.276 e. The van der Waals surface area contributed by atoms with Gasteiger partial charge in [-0.2, -0.15) is 0 Å². The molecule has 1 amide bonds. The Morgan fingerprint density at radius 3 is 2.73 bits per heavy atom. The molecule has 2 saturated heterocycles. The number of amides is 1. The van der Waals surface area contributed by atoms with Gasteiger partial charge in [-0.15, -0.1) is 0 Å². The maximum absolute atomic E-state index is 12.8. The molecule has 1 atom stereocenters. The van der Waals surface area contributed by atoms with Crippen molar-refractivity contribution in [2.45, 2.75) is 44.8 Å². The molecule has 2 aliphatic heterocycles. The van der Waals surface area contributed by atoms with E-state index in [4.69, 9.17) is 14.0 Å². The fourth-order valence-corrected chi connectivity index (χ4v) is 3.73. The van der Waals surface area contributed by atoms with Gasteiger partial charge in [-0.05, 0) is 18.8 Å². The number of hydrogen-bond acceptors (Lipinski definition) is 5. The minimum atomic E-state index is -0.450. The van der Waals surface area contributed by atoms with Crippen molar-refractivity contribution in [2.75, 3.05) is 26.3 Å². The normalized spacial score (nSPS) is 27.1. The Labute approximate surface area is 129 Å². The first-order valence-corrected chi connectivity index (χ1v) is 8.21. The molecule has 1 aliphatic carbocycles. The van der Waals surface area contributed by atoms with Crippen LogP contribution < -0.4 is 0 Å². The minimum absolute atomic E-state index is 0.00746. The standard InChI is InChI=1S/C16H22N2O4/c1-11-2-3-13-12(10-11)14(17-22-13)15(19)18-6-4-16(5-7-18)20-8-9-21-16/h11H,2-10H2,1H3/t11-/m0/s1. The van der Waals surface area contributed by atoms with Crippen LogP contribution in [0.1, 0.15) is 48.0 Å². The number of rotatable bonds is 1. The molecular formula is C16H22N2O4. The minimum Gasteiger partial charge on any atom is -0.360 e. The molecule has 120 valence electrons. The lowest BCUT2D eigenvalue weighted by molar-refractivity contribution is -0.181. The number of likely N-dealkylation sites (tertiary alicyclic amines) is 1. The molecule has 4 rings (SSSR count). The van der Waals surface area contributed by atoms with Gasteiger partial charge < -0.3 is 18.9 Å². The van der Waals surface area contributed by atoms with Crippen LogP contribution >= 0.6 is 0 Å². The van der Waals surface area contributed by atoms with Gasteiger partial charge >= 0.3 is 0 Å². The maximum atomic E-state index is 12.8. The van der Waals surface area contributed by atoms with E-state index >= 15 is 0 Å². The van der Waals surface area contributed by atoms with Crippen LogP contribution in [0.25, 0.3) is 0 Å². The molecule has 1 aromatic rings. The van der Waals surface area contributed by atoms with Crippen molar-refractivity contribution in [3.05, 3.63) is 17.0 Å². The Bertz CT molecular complexity index is 567. The van der Waals surface area contributed by atoms with E-state index in [1.807, 2.05) is 4.90 Å². The zero-order valence-corrected chi connectivity index (χ0v) is 13.0. The van der Waals surface area contributed by atoms with Crippen molar-refractivity contribution in [3.63, 3.8) is 0 Å². The topological polar surface area (TPSA) is 64.8 Å². The fourth-order valence-electron chi connectivity index (χ4n) is 3.73. The first kappa shape index (κ1) is 14.2. The number of fused-ring (bicyclic) bond motifs is 1. The summed E-state index contributed by atoms with van der Waals surface area (Å²) in [6.45, 7) is 4.82. The van der Waals surface area contributed by atoms with Crippen LogP contribution in [-0.2, 0) is 22.3 Å². The second kappa shape index (κ2) is 5.35. The quantitative estimate of drug-likeness (QED) is 0.791. The van der Waals surface area contributed by atoms with Gasteiger partial charge in [0.25, 0.3) is 5.91 Å². The molecule has 0 unspecified atom stereocenters. The Morgan fingerprint density at radius 2 is 2.00 bits per heavy atom. The molecule has 6 heteroatoms. The van der Waals surface area contributed by atoms with E-state index in [0.29, 0.717) is 37.9 Å². The van der Waals surface area contributed by atoms with Crippen molar-refractivity contribution in [3.8, 4) is 0 Å². The van der Waals surface area contributed by atoms with Gasteiger partial charge in [0.05, 0.1) is 13.2 Å². The van der Waals surface area contributed by atoms with Crippen molar-refractivity contribution < 1.29 is 18.8 Å². The first-order chi connectivity index (χ1) is 10.7. The smallest absolute Gasteiger partial charge is 0.276 e. The lowest BCUT2D eigenvalue weighted by Crippen LogP contribution is -2.47. The van der Waals surface area contributed by atoms with E-state index in [2.05, 4.69) is 12.1 Å². The van der Waals surface area contributed by atoms with Crippen LogP contribution in [0.15, 0.2) is 4.52 Å². The number of ether oxygens (including phenoxy) is 2. The molecule has 6 nitrogen and oxygen atoms in total. The second-order valence-corrected chi connectivity index (χ2v) is 6.68. The molecule has 22 heavy (non-hydrogen) atoms. The van der Waals surface area contributed by atoms with Gasteiger partial charge in [0.2, 0.25) is 0 Å². The molecule has 0 bridgehead atoms. The lowest BCUT2D eigenvalue weighted by Gasteiger charge is -2.37. The number of aromatic nitrogens is 1. The lowest BCUT2D eigenvalue weighted by atomic mass is 9.88. The molecule has 1 aromatic heterocycles. The van der Waals surface area contributed by atoms with Crippen molar-refractivity contribution >= 4 is 5.91 Å². The zero-order valence-electron chi connectivity index (χ0n) is 13.0. The zero-order chi connectivity index (χ0) is 15.2. The van der Waals surface area contributed by atoms with Crippen LogP contribution in [-0.4, -0.2) is 48.1 Å². The number of piperidine rings is 1. The summed E-state index contributed by atoms with van der Waals surface area (Å²) in [6, 6.07) is 0. The molecular weight excluding hydrogens is 284 g/mol. The predicted molar refractivity (Wildman–Crippen MR) is 77.5 cm³/mol. The van der Waals surface area contributed by atoms with Gasteiger partial charge in [-0.3, -0.25) is 4.79 Å². The number of carbonyl (C=O) groups excluding carboxylic acids is 1. The van der Waals surface area contributed by atoms with Gasteiger partial charge in [-0.25, -0.2) is 0 Å². The van der Waals surface area contributed by atoms with Crippen molar-refractivity contribution in [1.29, 1.82) is 0 Å². The molecule has 1 spiro atoms. The molecule has 0 saturated carbocycles. The molecule has 3 aliphatic rings. The Kier molecular flexibility index (Phi) is 3.46. The number of aryl methyl sites for hydroxylation is 1. The van der Waals surface area contributed by atoms with Crippen LogP contribution in [0.5, 0.6) is 0 Å². The number of carbonyl (C=O) groups is 1. The summed E-state index contributed by atoms with van der Waals surface area (Å²) in [5, 5.41) is 4.07. The third-order valence-corrected chi connectivity index (χ3v) is 5.11. The average Bonchev–Trinajstić information content (AvgIpc) is 3.14. The van der Waals surface area contributed by atoms with Crippen LogP contribution in [0.3, 0.4) is 0 Å². The third-order valence-electron chi connectivity index (χ3n) is 5.11.